The zero-order chi connectivity index (χ0) is 14.6. The Labute approximate surface area is 121 Å². The summed E-state index contributed by atoms with van der Waals surface area (Å²) in [4.78, 5) is 0. The van der Waals surface area contributed by atoms with Crippen LogP contribution in [-0.4, -0.2) is 6.04 Å². The first kappa shape index (κ1) is 14.8. The highest BCUT2D eigenvalue weighted by atomic mass is 14.9. The van der Waals surface area contributed by atoms with Gasteiger partial charge in [-0.25, -0.2) is 0 Å². The van der Waals surface area contributed by atoms with Crippen molar-refractivity contribution in [2.24, 2.45) is 17.4 Å². The summed E-state index contributed by atoms with van der Waals surface area (Å²) in [5.74, 6) is 0.348. The first-order valence-electron chi connectivity index (χ1n) is 7.26. The Bertz CT molecular complexity index is 482. The van der Waals surface area contributed by atoms with E-state index in [1.165, 1.54) is 0 Å². The lowest BCUT2D eigenvalue weighted by atomic mass is 9.73. The molecule has 106 valence electrons. The van der Waals surface area contributed by atoms with Crippen molar-refractivity contribution in [1.82, 2.24) is 0 Å². The molecule has 0 aliphatic carbocycles. The molecule has 2 atom stereocenters. The van der Waals surface area contributed by atoms with Crippen LogP contribution >= 0.6 is 0 Å². The van der Waals surface area contributed by atoms with Gasteiger partial charge in [-0.05, 0) is 17.0 Å². The average Bonchev–Trinajstić information content (AvgIpc) is 2.54. The average molecular weight is 268 g/mol. The minimum absolute atomic E-state index is 0.128. The van der Waals surface area contributed by atoms with Gasteiger partial charge in [0.15, 0.2) is 0 Å². The van der Waals surface area contributed by atoms with E-state index in [0.717, 1.165) is 17.5 Å². The van der Waals surface area contributed by atoms with Crippen molar-refractivity contribution >= 4 is 0 Å². The largest absolute Gasteiger partial charge is 0.325 e. The van der Waals surface area contributed by atoms with Gasteiger partial charge in [0.1, 0.15) is 0 Å². The molecule has 0 saturated carbocycles. The molecule has 0 saturated heterocycles. The van der Waals surface area contributed by atoms with Crippen LogP contribution in [0.4, 0.5) is 0 Å². The Morgan fingerprint density at radius 1 is 0.900 bits per heavy atom. The molecule has 0 spiro atoms. The van der Waals surface area contributed by atoms with Crippen molar-refractivity contribution in [3.05, 3.63) is 71.8 Å². The number of nitrogens with two attached hydrogens (primary N) is 2. The molecular weight excluding hydrogens is 244 g/mol. The topological polar surface area (TPSA) is 52.0 Å². The lowest BCUT2D eigenvalue weighted by molar-refractivity contribution is 0.314. The van der Waals surface area contributed by atoms with Crippen molar-refractivity contribution in [2.45, 2.75) is 31.8 Å². The second-order valence-electron chi connectivity index (χ2n) is 5.51. The Hall–Kier alpha value is -1.64. The molecule has 2 heteroatoms. The second-order valence-corrected chi connectivity index (χ2v) is 5.51. The Kier molecular flexibility index (Phi) is 4.58. The van der Waals surface area contributed by atoms with E-state index in [-0.39, 0.29) is 6.04 Å². The van der Waals surface area contributed by atoms with E-state index in [9.17, 15) is 0 Å². The molecule has 0 aliphatic rings. The molecule has 0 aromatic heterocycles. The smallest absolute Gasteiger partial charge is 0.0821 e. The molecule has 0 heterocycles. The van der Waals surface area contributed by atoms with Crippen LogP contribution in [0.3, 0.4) is 0 Å². The highest BCUT2D eigenvalue weighted by molar-refractivity contribution is 5.40. The van der Waals surface area contributed by atoms with Crippen LogP contribution < -0.4 is 11.5 Å². The lowest BCUT2D eigenvalue weighted by Gasteiger charge is -2.39. The standard InChI is InChI=1S/C18H24N2/c1-3-14(2)17(19)18(20,15-10-6-4-7-11-15)16-12-8-5-9-13-16/h4-14,17H,3,19-20H2,1-2H3/t14?,17-/m0/s1. The molecular formula is C18H24N2. The van der Waals surface area contributed by atoms with Gasteiger partial charge in [-0.3, -0.25) is 0 Å². The maximum absolute atomic E-state index is 6.84. The number of benzene rings is 2. The van der Waals surface area contributed by atoms with E-state index in [1.807, 2.05) is 36.4 Å². The molecule has 2 aromatic rings. The highest BCUT2D eigenvalue weighted by Gasteiger charge is 2.38. The van der Waals surface area contributed by atoms with Gasteiger partial charge < -0.3 is 11.5 Å². The van der Waals surface area contributed by atoms with E-state index in [1.54, 1.807) is 0 Å². The van der Waals surface area contributed by atoms with Crippen LogP contribution in [0.2, 0.25) is 0 Å². The summed E-state index contributed by atoms with van der Waals surface area (Å²) in [7, 11) is 0. The first-order chi connectivity index (χ1) is 9.60. The molecule has 1 unspecified atom stereocenters. The maximum Gasteiger partial charge on any atom is 0.0821 e. The van der Waals surface area contributed by atoms with Crippen LogP contribution in [0.1, 0.15) is 31.4 Å². The predicted molar refractivity (Wildman–Crippen MR) is 85.3 cm³/mol. The van der Waals surface area contributed by atoms with Gasteiger partial charge in [-0.1, -0.05) is 80.9 Å². The fourth-order valence-corrected chi connectivity index (χ4v) is 2.68. The number of hydrogen-bond acceptors (Lipinski definition) is 2. The van der Waals surface area contributed by atoms with Gasteiger partial charge in [0.05, 0.1) is 5.54 Å². The monoisotopic (exact) mass is 268 g/mol. The summed E-state index contributed by atoms with van der Waals surface area (Å²) in [6, 6.07) is 20.2. The van der Waals surface area contributed by atoms with Crippen LogP contribution in [0, 0.1) is 5.92 Å². The minimum atomic E-state index is -0.655. The molecule has 0 radical (unpaired) electrons. The third-order valence-electron chi connectivity index (χ3n) is 4.29. The van der Waals surface area contributed by atoms with E-state index in [0.29, 0.717) is 5.92 Å². The maximum atomic E-state index is 6.84. The summed E-state index contributed by atoms with van der Waals surface area (Å²) >= 11 is 0. The fourth-order valence-electron chi connectivity index (χ4n) is 2.68. The summed E-state index contributed by atoms with van der Waals surface area (Å²) in [5.41, 5.74) is 14.9. The third kappa shape index (κ3) is 2.62. The van der Waals surface area contributed by atoms with Crippen molar-refractivity contribution < 1.29 is 0 Å². The summed E-state index contributed by atoms with van der Waals surface area (Å²) in [6.45, 7) is 4.32. The normalized spacial score (nSPS) is 14.8. The van der Waals surface area contributed by atoms with E-state index < -0.39 is 5.54 Å². The zero-order valence-corrected chi connectivity index (χ0v) is 12.3. The zero-order valence-electron chi connectivity index (χ0n) is 12.3. The van der Waals surface area contributed by atoms with E-state index >= 15 is 0 Å². The van der Waals surface area contributed by atoms with E-state index in [2.05, 4.69) is 38.1 Å². The summed E-state index contributed by atoms with van der Waals surface area (Å²) in [5, 5.41) is 0. The quantitative estimate of drug-likeness (QED) is 0.874. The molecule has 2 aromatic carbocycles. The van der Waals surface area contributed by atoms with Crippen molar-refractivity contribution in [1.29, 1.82) is 0 Å². The fraction of sp³-hybridized carbons (Fsp3) is 0.333. The van der Waals surface area contributed by atoms with Crippen LogP contribution in [-0.2, 0) is 5.54 Å². The number of hydrogen-bond donors (Lipinski definition) is 2. The van der Waals surface area contributed by atoms with Gasteiger partial charge >= 0.3 is 0 Å². The molecule has 0 bridgehead atoms. The molecule has 20 heavy (non-hydrogen) atoms. The Balaban J connectivity index is 2.55. The SMILES string of the molecule is CCC(C)[C@H](N)C(N)(c1ccccc1)c1ccccc1. The second kappa shape index (κ2) is 6.21. The van der Waals surface area contributed by atoms with E-state index in [4.69, 9.17) is 11.5 Å². The summed E-state index contributed by atoms with van der Waals surface area (Å²) in [6.07, 6.45) is 1.01. The summed E-state index contributed by atoms with van der Waals surface area (Å²) < 4.78 is 0. The predicted octanol–water partition coefficient (Wildman–Crippen LogP) is 3.26. The van der Waals surface area contributed by atoms with Crippen molar-refractivity contribution in [3.63, 3.8) is 0 Å². The number of rotatable bonds is 5. The van der Waals surface area contributed by atoms with Crippen LogP contribution in [0.15, 0.2) is 60.7 Å². The van der Waals surface area contributed by atoms with Gasteiger partial charge in [0.2, 0.25) is 0 Å². The van der Waals surface area contributed by atoms with Gasteiger partial charge in [-0.2, -0.15) is 0 Å². The van der Waals surface area contributed by atoms with Gasteiger partial charge in [-0.15, -0.1) is 0 Å². The first-order valence-corrected chi connectivity index (χ1v) is 7.26. The van der Waals surface area contributed by atoms with Crippen molar-refractivity contribution in [2.75, 3.05) is 0 Å². The minimum Gasteiger partial charge on any atom is -0.325 e. The van der Waals surface area contributed by atoms with Gasteiger partial charge in [0, 0.05) is 6.04 Å². The molecule has 0 amide bonds. The molecule has 2 nitrogen and oxygen atoms in total. The molecule has 4 N–H and O–H groups in total. The lowest BCUT2D eigenvalue weighted by Crippen LogP contribution is -2.56. The molecule has 0 aliphatic heterocycles. The highest BCUT2D eigenvalue weighted by Crippen LogP contribution is 2.33. The van der Waals surface area contributed by atoms with Gasteiger partial charge in [0.25, 0.3) is 0 Å². The Morgan fingerprint density at radius 2 is 1.30 bits per heavy atom. The Morgan fingerprint density at radius 3 is 1.65 bits per heavy atom. The molecule has 0 fully saturated rings. The van der Waals surface area contributed by atoms with Crippen LogP contribution in [0.5, 0.6) is 0 Å². The van der Waals surface area contributed by atoms with Crippen molar-refractivity contribution in [3.8, 4) is 0 Å². The third-order valence-corrected chi connectivity index (χ3v) is 4.29. The molecule has 2 rings (SSSR count). The van der Waals surface area contributed by atoms with Crippen LogP contribution in [0.25, 0.3) is 0 Å².